The standard InChI is InChI=1S/C6H10N.Li.H/c1-7(2)6-4-3-5-6;;/h3-6H,1-2H3;;. The van der Waals surface area contributed by atoms with Crippen molar-refractivity contribution in [3.05, 3.63) is 18.6 Å². The van der Waals surface area contributed by atoms with Gasteiger partial charge in [0.2, 0.25) is 0 Å². The van der Waals surface area contributed by atoms with Gasteiger partial charge in [0.1, 0.15) is 0 Å². The quantitative estimate of drug-likeness (QED) is 0.424. The molecule has 0 aliphatic heterocycles. The summed E-state index contributed by atoms with van der Waals surface area (Å²) >= 11 is 0. The van der Waals surface area contributed by atoms with Crippen LogP contribution in [0.15, 0.2) is 12.2 Å². The number of likely N-dealkylation sites (N-methyl/N-ethyl adjacent to an activating group) is 1. The van der Waals surface area contributed by atoms with Gasteiger partial charge >= 0.3 is 18.9 Å². The van der Waals surface area contributed by atoms with Crippen molar-refractivity contribution in [2.24, 2.45) is 0 Å². The molecule has 0 saturated heterocycles. The fraction of sp³-hybridized carbons (Fsp3) is 0.500. The van der Waals surface area contributed by atoms with Gasteiger partial charge in [-0.05, 0) is 14.1 Å². The van der Waals surface area contributed by atoms with Crippen molar-refractivity contribution in [1.29, 1.82) is 0 Å². The zero-order chi connectivity index (χ0) is 5.28. The van der Waals surface area contributed by atoms with Crippen molar-refractivity contribution in [2.45, 2.75) is 6.04 Å². The van der Waals surface area contributed by atoms with Crippen LogP contribution < -0.4 is 0 Å². The SMILES string of the molecule is CN(C)C1[CH]C=C1.[LiH]. The molecule has 1 rings (SSSR count). The van der Waals surface area contributed by atoms with Gasteiger partial charge in [0.05, 0.1) is 0 Å². The molecule has 0 aromatic heterocycles. The van der Waals surface area contributed by atoms with Crippen LogP contribution in [0.4, 0.5) is 0 Å². The van der Waals surface area contributed by atoms with E-state index in [0.717, 1.165) is 0 Å². The Morgan fingerprint density at radius 1 is 1.38 bits per heavy atom. The number of rotatable bonds is 1. The van der Waals surface area contributed by atoms with E-state index < -0.39 is 0 Å². The van der Waals surface area contributed by atoms with E-state index in [0.29, 0.717) is 6.04 Å². The van der Waals surface area contributed by atoms with Crippen LogP contribution in [0.1, 0.15) is 0 Å². The molecule has 1 unspecified atom stereocenters. The van der Waals surface area contributed by atoms with E-state index in [1.165, 1.54) is 0 Å². The molecule has 2 heteroatoms. The molecule has 1 radical (unpaired) electrons. The first-order chi connectivity index (χ1) is 3.30. The summed E-state index contributed by atoms with van der Waals surface area (Å²) in [5, 5.41) is 0. The average Bonchev–Trinajstić information content (AvgIpc) is 1.23. The van der Waals surface area contributed by atoms with Gasteiger partial charge < -0.3 is 4.90 Å². The van der Waals surface area contributed by atoms with Crippen LogP contribution in [-0.4, -0.2) is 43.9 Å². The predicted octanol–water partition coefficient (Wildman–Crippen LogP) is 0.0422. The van der Waals surface area contributed by atoms with Crippen molar-refractivity contribution in [3.63, 3.8) is 0 Å². The first kappa shape index (κ1) is 8.30. The van der Waals surface area contributed by atoms with Crippen molar-refractivity contribution < 1.29 is 0 Å². The maximum atomic E-state index is 2.17. The summed E-state index contributed by atoms with van der Waals surface area (Å²) in [7, 11) is 4.15. The molecular formula is C6H11LiN. The van der Waals surface area contributed by atoms with Crippen LogP contribution in [0.2, 0.25) is 0 Å². The van der Waals surface area contributed by atoms with Crippen molar-refractivity contribution >= 4 is 18.9 Å². The molecule has 0 spiro atoms. The molecule has 0 saturated carbocycles. The fourth-order valence-electron chi connectivity index (χ4n) is 0.555. The Morgan fingerprint density at radius 2 is 1.88 bits per heavy atom. The molecule has 0 heterocycles. The minimum atomic E-state index is 0. The molecule has 0 aromatic rings. The first-order valence-corrected chi connectivity index (χ1v) is 2.49. The second-order valence-corrected chi connectivity index (χ2v) is 2.03. The molecule has 0 fully saturated rings. The Morgan fingerprint density at radius 3 is 1.88 bits per heavy atom. The topological polar surface area (TPSA) is 3.24 Å². The molecule has 1 aliphatic carbocycles. The van der Waals surface area contributed by atoms with E-state index >= 15 is 0 Å². The molecule has 8 heavy (non-hydrogen) atoms. The Kier molecular flexibility index (Phi) is 3.47. The van der Waals surface area contributed by atoms with Crippen LogP contribution >= 0.6 is 0 Å². The van der Waals surface area contributed by atoms with Gasteiger partial charge in [0.15, 0.2) is 0 Å². The second-order valence-electron chi connectivity index (χ2n) is 2.03. The summed E-state index contributed by atoms with van der Waals surface area (Å²) in [6.07, 6.45) is 6.41. The van der Waals surface area contributed by atoms with Crippen molar-refractivity contribution in [3.8, 4) is 0 Å². The third kappa shape index (κ3) is 1.67. The molecule has 0 aromatic carbocycles. The van der Waals surface area contributed by atoms with Crippen LogP contribution in [0, 0.1) is 6.42 Å². The molecule has 0 N–H and O–H groups in total. The summed E-state index contributed by atoms with van der Waals surface area (Å²) in [5.41, 5.74) is 0. The van der Waals surface area contributed by atoms with Gasteiger partial charge in [-0.3, -0.25) is 0 Å². The van der Waals surface area contributed by atoms with Gasteiger partial charge in [-0.25, -0.2) is 0 Å². The third-order valence-corrected chi connectivity index (χ3v) is 1.21. The van der Waals surface area contributed by atoms with Crippen LogP contribution in [0.3, 0.4) is 0 Å². The van der Waals surface area contributed by atoms with Crippen LogP contribution in [0.5, 0.6) is 0 Å². The molecule has 1 nitrogen and oxygen atoms in total. The Hall–Kier alpha value is 0.297. The summed E-state index contributed by atoms with van der Waals surface area (Å²) < 4.78 is 0. The Balaban J connectivity index is 0.000000490. The van der Waals surface area contributed by atoms with E-state index in [1.807, 2.05) is 0 Å². The molecule has 1 aliphatic rings. The van der Waals surface area contributed by atoms with Gasteiger partial charge in [-0.2, -0.15) is 0 Å². The number of hydrogen-bond acceptors (Lipinski definition) is 1. The second kappa shape index (κ2) is 3.35. The van der Waals surface area contributed by atoms with Gasteiger partial charge in [0, 0.05) is 12.5 Å². The summed E-state index contributed by atoms with van der Waals surface area (Å²) in [6, 6.07) is 0.611. The van der Waals surface area contributed by atoms with E-state index in [2.05, 4.69) is 37.6 Å². The predicted molar refractivity (Wildman–Crippen MR) is 38.1 cm³/mol. The monoisotopic (exact) mass is 104 g/mol. The van der Waals surface area contributed by atoms with Crippen LogP contribution in [-0.2, 0) is 0 Å². The zero-order valence-corrected chi connectivity index (χ0v) is 4.76. The van der Waals surface area contributed by atoms with Crippen LogP contribution in [0.25, 0.3) is 0 Å². The van der Waals surface area contributed by atoms with Crippen molar-refractivity contribution in [1.82, 2.24) is 4.90 Å². The third-order valence-electron chi connectivity index (χ3n) is 1.21. The number of nitrogens with zero attached hydrogens (tertiary/aromatic N) is 1. The molecule has 1 atom stereocenters. The van der Waals surface area contributed by atoms with Gasteiger partial charge in [-0.1, -0.05) is 12.2 Å². The van der Waals surface area contributed by atoms with Gasteiger partial charge in [-0.15, -0.1) is 0 Å². The summed E-state index contributed by atoms with van der Waals surface area (Å²) in [5.74, 6) is 0. The molecular weight excluding hydrogens is 93.0 g/mol. The van der Waals surface area contributed by atoms with Gasteiger partial charge in [0.25, 0.3) is 0 Å². The Bertz CT molecular complexity index is 88.5. The minimum absolute atomic E-state index is 0. The van der Waals surface area contributed by atoms with E-state index in [1.54, 1.807) is 0 Å². The average molecular weight is 104 g/mol. The molecule has 0 bridgehead atoms. The van der Waals surface area contributed by atoms with E-state index in [9.17, 15) is 0 Å². The Labute approximate surface area is 62.9 Å². The molecule has 0 amide bonds. The summed E-state index contributed by atoms with van der Waals surface area (Å²) in [4.78, 5) is 2.17. The zero-order valence-electron chi connectivity index (χ0n) is 4.76. The van der Waals surface area contributed by atoms with Crippen molar-refractivity contribution in [2.75, 3.05) is 14.1 Å². The fourth-order valence-corrected chi connectivity index (χ4v) is 0.555. The number of hydrogen-bond donors (Lipinski definition) is 0. The normalized spacial score (nSPS) is 24.6. The first-order valence-electron chi connectivity index (χ1n) is 2.49. The maximum absolute atomic E-state index is 2.17. The summed E-state index contributed by atoms with van der Waals surface area (Å²) in [6.45, 7) is 0. The molecule has 41 valence electrons. The van der Waals surface area contributed by atoms with E-state index in [4.69, 9.17) is 0 Å². The van der Waals surface area contributed by atoms with E-state index in [-0.39, 0.29) is 18.9 Å².